The molecule has 7 heteroatoms. The van der Waals surface area contributed by atoms with E-state index >= 15 is 0 Å². The maximum Gasteiger partial charge on any atom is 0.317 e. The van der Waals surface area contributed by atoms with Gasteiger partial charge in [0, 0.05) is 30.8 Å². The molecule has 0 bridgehead atoms. The van der Waals surface area contributed by atoms with Crippen LogP contribution in [0.4, 0.5) is 4.79 Å². The molecular formula is C14H22N2O3S2. The summed E-state index contributed by atoms with van der Waals surface area (Å²) >= 11 is 1.69. The summed E-state index contributed by atoms with van der Waals surface area (Å²) in [6, 6.07) is 3.98. The van der Waals surface area contributed by atoms with E-state index < -0.39 is 9.84 Å². The van der Waals surface area contributed by atoms with Gasteiger partial charge in [-0.1, -0.05) is 6.07 Å². The molecule has 1 atom stereocenters. The van der Waals surface area contributed by atoms with Gasteiger partial charge in [0.05, 0.1) is 5.75 Å². The fraction of sp³-hybridized carbons (Fsp3) is 0.643. The Morgan fingerprint density at radius 3 is 3.00 bits per heavy atom. The fourth-order valence-electron chi connectivity index (χ4n) is 2.67. The second kappa shape index (κ2) is 7.26. The van der Waals surface area contributed by atoms with Crippen molar-refractivity contribution in [1.82, 2.24) is 10.2 Å². The van der Waals surface area contributed by atoms with Crippen LogP contribution in [0.15, 0.2) is 17.5 Å². The number of urea groups is 1. The Hall–Kier alpha value is -1.08. The number of thiophene rings is 1. The van der Waals surface area contributed by atoms with Crippen molar-refractivity contribution >= 4 is 27.2 Å². The van der Waals surface area contributed by atoms with E-state index in [-0.39, 0.29) is 17.7 Å². The van der Waals surface area contributed by atoms with Crippen LogP contribution >= 0.6 is 11.3 Å². The van der Waals surface area contributed by atoms with Gasteiger partial charge in [0.15, 0.2) is 0 Å². The molecule has 0 spiro atoms. The number of rotatable bonds is 5. The Morgan fingerprint density at radius 1 is 1.52 bits per heavy atom. The molecule has 0 unspecified atom stereocenters. The molecule has 118 valence electrons. The summed E-state index contributed by atoms with van der Waals surface area (Å²) in [6.07, 6.45) is 3.85. The summed E-state index contributed by atoms with van der Waals surface area (Å²) in [5.74, 6) is 0.239. The van der Waals surface area contributed by atoms with Crippen LogP contribution in [0.25, 0.3) is 0 Å². The quantitative estimate of drug-likeness (QED) is 0.894. The smallest absolute Gasteiger partial charge is 0.317 e. The first kappa shape index (κ1) is 16.3. The molecule has 1 aliphatic rings. The standard InChI is InChI=1S/C14H22N2O3S2/c1-21(18,19)11-12-4-2-8-16(10-12)14(17)15-7-6-13-5-3-9-20-13/h3,5,9,12H,2,4,6-8,10-11H2,1H3,(H,15,17)/t12-/m1/s1. The summed E-state index contributed by atoms with van der Waals surface area (Å²) in [5, 5.41) is 4.94. The summed E-state index contributed by atoms with van der Waals surface area (Å²) in [7, 11) is -2.98. The maximum absolute atomic E-state index is 12.1. The van der Waals surface area contributed by atoms with Gasteiger partial charge in [-0.25, -0.2) is 13.2 Å². The lowest BCUT2D eigenvalue weighted by Crippen LogP contribution is -2.47. The Morgan fingerprint density at radius 2 is 2.33 bits per heavy atom. The Balaban J connectivity index is 1.76. The van der Waals surface area contributed by atoms with Crippen molar-refractivity contribution in [1.29, 1.82) is 0 Å². The van der Waals surface area contributed by atoms with Crippen molar-refractivity contribution in [3.8, 4) is 0 Å². The second-order valence-corrected chi connectivity index (χ2v) is 8.83. The zero-order valence-corrected chi connectivity index (χ0v) is 13.9. The van der Waals surface area contributed by atoms with Crippen molar-refractivity contribution < 1.29 is 13.2 Å². The monoisotopic (exact) mass is 330 g/mol. The van der Waals surface area contributed by atoms with Gasteiger partial charge in [0.1, 0.15) is 9.84 Å². The molecule has 0 aromatic carbocycles. The molecule has 1 aromatic heterocycles. The first-order valence-corrected chi connectivity index (χ1v) is 10.1. The molecular weight excluding hydrogens is 308 g/mol. The highest BCUT2D eigenvalue weighted by molar-refractivity contribution is 7.90. The fourth-order valence-corrected chi connectivity index (χ4v) is 4.51. The lowest BCUT2D eigenvalue weighted by atomic mass is 10.0. The highest BCUT2D eigenvalue weighted by atomic mass is 32.2. The lowest BCUT2D eigenvalue weighted by molar-refractivity contribution is 0.170. The van der Waals surface area contributed by atoms with E-state index in [4.69, 9.17) is 0 Å². The van der Waals surface area contributed by atoms with Crippen molar-refractivity contribution in [3.63, 3.8) is 0 Å². The molecule has 0 aliphatic carbocycles. The Kier molecular flexibility index (Phi) is 5.64. The summed E-state index contributed by atoms with van der Waals surface area (Å²) < 4.78 is 22.7. The topological polar surface area (TPSA) is 66.5 Å². The van der Waals surface area contributed by atoms with E-state index in [1.165, 1.54) is 11.1 Å². The third-order valence-electron chi connectivity index (χ3n) is 3.57. The molecule has 2 rings (SSSR count). The zero-order chi connectivity index (χ0) is 15.3. The summed E-state index contributed by atoms with van der Waals surface area (Å²) in [6.45, 7) is 1.87. The number of piperidine rings is 1. The van der Waals surface area contributed by atoms with Crippen LogP contribution in [0.2, 0.25) is 0 Å². The third kappa shape index (κ3) is 5.67. The van der Waals surface area contributed by atoms with Gasteiger partial charge >= 0.3 is 6.03 Å². The molecule has 1 fully saturated rings. The highest BCUT2D eigenvalue weighted by Crippen LogP contribution is 2.18. The van der Waals surface area contributed by atoms with Gasteiger partial charge < -0.3 is 10.2 Å². The van der Waals surface area contributed by atoms with Crippen LogP contribution < -0.4 is 5.32 Å². The largest absolute Gasteiger partial charge is 0.338 e. The normalized spacial score (nSPS) is 19.5. The number of hydrogen-bond donors (Lipinski definition) is 1. The van der Waals surface area contributed by atoms with E-state index in [0.29, 0.717) is 19.6 Å². The zero-order valence-electron chi connectivity index (χ0n) is 12.2. The maximum atomic E-state index is 12.1. The molecule has 1 aromatic rings. The number of carbonyl (C=O) groups excluding carboxylic acids is 1. The number of sulfone groups is 1. The predicted molar refractivity (Wildman–Crippen MR) is 85.4 cm³/mol. The van der Waals surface area contributed by atoms with Crippen LogP contribution in [0.5, 0.6) is 0 Å². The minimum atomic E-state index is -2.98. The minimum absolute atomic E-state index is 0.0665. The lowest BCUT2D eigenvalue weighted by Gasteiger charge is -2.32. The van der Waals surface area contributed by atoms with Gasteiger partial charge in [-0.15, -0.1) is 11.3 Å². The average molecular weight is 330 g/mol. The summed E-state index contributed by atoms with van der Waals surface area (Å²) in [5.41, 5.74) is 0. The third-order valence-corrected chi connectivity index (χ3v) is 5.59. The van der Waals surface area contributed by atoms with Crippen molar-refractivity contribution in [2.75, 3.05) is 31.6 Å². The van der Waals surface area contributed by atoms with Crippen molar-refractivity contribution in [2.45, 2.75) is 19.3 Å². The molecule has 21 heavy (non-hydrogen) atoms. The number of carbonyl (C=O) groups is 1. The second-order valence-electron chi connectivity index (χ2n) is 5.61. The van der Waals surface area contributed by atoms with Gasteiger partial charge in [-0.3, -0.25) is 0 Å². The number of nitrogens with one attached hydrogen (secondary N) is 1. The molecule has 0 saturated carbocycles. The van der Waals surface area contributed by atoms with E-state index in [9.17, 15) is 13.2 Å². The Labute approximate surface area is 130 Å². The highest BCUT2D eigenvalue weighted by Gasteiger charge is 2.25. The van der Waals surface area contributed by atoms with E-state index in [1.54, 1.807) is 16.2 Å². The van der Waals surface area contributed by atoms with Gasteiger partial charge in [-0.05, 0) is 36.6 Å². The first-order chi connectivity index (χ1) is 9.94. The van der Waals surface area contributed by atoms with E-state index in [1.807, 2.05) is 11.4 Å². The van der Waals surface area contributed by atoms with Crippen molar-refractivity contribution in [2.24, 2.45) is 5.92 Å². The van der Waals surface area contributed by atoms with Crippen LogP contribution in [0.3, 0.4) is 0 Å². The predicted octanol–water partition coefficient (Wildman–Crippen LogP) is 1.76. The molecule has 1 saturated heterocycles. The van der Waals surface area contributed by atoms with Crippen LogP contribution in [0, 0.1) is 5.92 Å². The molecule has 0 radical (unpaired) electrons. The van der Waals surface area contributed by atoms with E-state index in [0.717, 1.165) is 19.3 Å². The van der Waals surface area contributed by atoms with Gasteiger partial charge in [0.25, 0.3) is 0 Å². The van der Waals surface area contributed by atoms with Gasteiger partial charge in [-0.2, -0.15) is 0 Å². The molecule has 1 N–H and O–H groups in total. The average Bonchev–Trinajstić information content (AvgIpc) is 2.90. The Bertz CT molecular complexity index is 555. The summed E-state index contributed by atoms with van der Waals surface area (Å²) in [4.78, 5) is 15.1. The number of nitrogens with zero attached hydrogens (tertiary/aromatic N) is 1. The van der Waals surface area contributed by atoms with Crippen LogP contribution in [-0.2, 0) is 16.3 Å². The molecule has 5 nitrogen and oxygen atoms in total. The molecule has 2 heterocycles. The van der Waals surface area contributed by atoms with Crippen LogP contribution in [0.1, 0.15) is 17.7 Å². The molecule has 2 amide bonds. The number of likely N-dealkylation sites (tertiary alicyclic amines) is 1. The van der Waals surface area contributed by atoms with Crippen LogP contribution in [-0.4, -0.2) is 51.0 Å². The SMILES string of the molecule is CS(=O)(=O)C[C@@H]1CCCN(C(=O)NCCc2cccs2)C1. The van der Waals surface area contributed by atoms with Gasteiger partial charge in [0.2, 0.25) is 0 Å². The first-order valence-electron chi connectivity index (χ1n) is 7.17. The van der Waals surface area contributed by atoms with E-state index in [2.05, 4.69) is 11.4 Å². The van der Waals surface area contributed by atoms with Crippen molar-refractivity contribution in [3.05, 3.63) is 22.4 Å². The number of amides is 2. The number of hydrogen-bond acceptors (Lipinski definition) is 4. The molecule has 1 aliphatic heterocycles. The minimum Gasteiger partial charge on any atom is -0.338 e.